The molecular weight excluding hydrogens is 330 g/mol. The number of halogens is 1. The van der Waals surface area contributed by atoms with Crippen LogP contribution in [0.2, 0.25) is 0 Å². The number of carbonyl (C=O) groups excluding carboxylic acids is 1. The number of aliphatic hydroxyl groups excluding tert-OH is 1. The van der Waals surface area contributed by atoms with E-state index in [1.807, 2.05) is 11.8 Å². The number of hydrogen-bond acceptors (Lipinski definition) is 4. The van der Waals surface area contributed by atoms with Crippen LogP contribution >= 0.6 is 27.3 Å². The summed E-state index contributed by atoms with van der Waals surface area (Å²) in [6.45, 7) is 3.25. The van der Waals surface area contributed by atoms with Gasteiger partial charge in [0.2, 0.25) is 0 Å². The Labute approximate surface area is 125 Å². The number of piperidine rings is 1. The highest BCUT2D eigenvalue weighted by molar-refractivity contribution is 9.11. The largest absolute Gasteiger partial charge is 0.495 e. The van der Waals surface area contributed by atoms with E-state index in [4.69, 9.17) is 4.74 Å². The third kappa shape index (κ3) is 3.30. The Bertz CT molecular complexity index is 453. The molecule has 4 nitrogen and oxygen atoms in total. The number of rotatable bonds is 3. The number of aliphatic hydroxyl groups is 1. The molecule has 2 rings (SSSR count). The maximum Gasteiger partial charge on any atom is 0.264 e. The van der Waals surface area contributed by atoms with E-state index in [1.165, 1.54) is 11.3 Å². The second-order valence-corrected chi connectivity index (χ2v) is 7.19. The van der Waals surface area contributed by atoms with Gasteiger partial charge in [-0.2, -0.15) is 0 Å². The average molecular weight is 348 g/mol. The summed E-state index contributed by atoms with van der Waals surface area (Å²) < 4.78 is 6.02. The van der Waals surface area contributed by atoms with Crippen molar-refractivity contribution in [1.82, 2.24) is 4.90 Å². The van der Waals surface area contributed by atoms with Crippen molar-refractivity contribution < 1.29 is 14.6 Å². The van der Waals surface area contributed by atoms with Gasteiger partial charge in [0.1, 0.15) is 9.54 Å². The molecule has 106 valence electrons. The molecule has 1 unspecified atom stereocenters. The molecular formula is C13H18BrNO3S. The summed E-state index contributed by atoms with van der Waals surface area (Å²) in [6.07, 6.45) is 1.45. The van der Waals surface area contributed by atoms with Crippen molar-refractivity contribution in [2.75, 3.05) is 20.2 Å². The summed E-state index contributed by atoms with van der Waals surface area (Å²) >= 11 is 4.79. The van der Waals surface area contributed by atoms with Crippen LogP contribution in [0.1, 0.15) is 29.4 Å². The van der Waals surface area contributed by atoms with Crippen LogP contribution in [0.4, 0.5) is 0 Å². The number of amides is 1. The van der Waals surface area contributed by atoms with Crippen molar-refractivity contribution in [2.45, 2.75) is 25.9 Å². The topological polar surface area (TPSA) is 49.8 Å². The van der Waals surface area contributed by atoms with Gasteiger partial charge in [-0.05, 0) is 41.6 Å². The molecule has 0 saturated carbocycles. The molecule has 1 fully saturated rings. The van der Waals surface area contributed by atoms with Crippen LogP contribution in [-0.4, -0.2) is 42.2 Å². The lowest BCUT2D eigenvalue weighted by Gasteiger charge is -2.33. The Balaban J connectivity index is 2.01. The van der Waals surface area contributed by atoms with Crippen LogP contribution in [0.15, 0.2) is 9.85 Å². The lowest BCUT2D eigenvalue weighted by molar-refractivity contribution is 0.0525. The summed E-state index contributed by atoms with van der Waals surface area (Å²) in [6, 6.07) is 1.78. The fraction of sp³-hybridized carbons (Fsp3) is 0.615. The van der Waals surface area contributed by atoms with Gasteiger partial charge in [0.05, 0.1) is 18.1 Å². The quantitative estimate of drug-likeness (QED) is 0.914. The minimum atomic E-state index is -0.284. The average Bonchev–Trinajstić information content (AvgIpc) is 2.79. The molecule has 0 bridgehead atoms. The molecule has 1 aliphatic heterocycles. The van der Waals surface area contributed by atoms with Crippen molar-refractivity contribution in [3.8, 4) is 5.75 Å². The van der Waals surface area contributed by atoms with E-state index in [0.29, 0.717) is 29.6 Å². The lowest BCUT2D eigenvalue weighted by atomic mass is 9.92. The van der Waals surface area contributed by atoms with Gasteiger partial charge in [-0.3, -0.25) is 4.79 Å². The highest BCUT2D eigenvalue weighted by atomic mass is 79.9. The molecule has 0 aromatic carbocycles. The summed E-state index contributed by atoms with van der Waals surface area (Å²) in [7, 11) is 1.59. The Morgan fingerprint density at radius 2 is 2.21 bits per heavy atom. The number of nitrogens with zero attached hydrogens (tertiary/aromatic N) is 1. The van der Waals surface area contributed by atoms with Crippen molar-refractivity contribution in [1.29, 1.82) is 0 Å². The lowest BCUT2D eigenvalue weighted by Crippen LogP contribution is -2.40. The number of methoxy groups -OCH3 is 1. The maximum atomic E-state index is 12.4. The fourth-order valence-electron chi connectivity index (χ4n) is 2.34. The molecule has 1 saturated heterocycles. The Hall–Kier alpha value is -0.590. The molecule has 2 heterocycles. The van der Waals surface area contributed by atoms with Gasteiger partial charge in [0.15, 0.2) is 0 Å². The summed E-state index contributed by atoms with van der Waals surface area (Å²) in [4.78, 5) is 14.9. The SMILES string of the molecule is COc1cc(C(=O)N2CCC(C(C)O)CC2)sc1Br. The van der Waals surface area contributed by atoms with Crippen LogP contribution in [0.5, 0.6) is 5.75 Å². The second kappa shape index (κ2) is 6.24. The van der Waals surface area contributed by atoms with Crippen molar-refractivity contribution in [2.24, 2.45) is 5.92 Å². The molecule has 0 aliphatic carbocycles. The van der Waals surface area contributed by atoms with E-state index >= 15 is 0 Å². The molecule has 0 radical (unpaired) electrons. The molecule has 1 atom stereocenters. The Kier molecular flexibility index (Phi) is 4.86. The van der Waals surface area contributed by atoms with Crippen LogP contribution in [0, 0.1) is 5.92 Å². The molecule has 1 aromatic rings. The van der Waals surface area contributed by atoms with Gasteiger partial charge in [-0.25, -0.2) is 0 Å². The summed E-state index contributed by atoms with van der Waals surface area (Å²) in [5.74, 6) is 1.07. The zero-order chi connectivity index (χ0) is 14.0. The molecule has 6 heteroatoms. The number of carbonyl (C=O) groups is 1. The van der Waals surface area contributed by atoms with Gasteiger partial charge in [-0.1, -0.05) is 0 Å². The van der Waals surface area contributed by atoms with Crippen molar-refractivity contribution >= 4 is 33.2 Å². The minimum absolute atomic E-state index is 0.0537. The van der Waals surface area contributed by atoms with Gasteiger partial charge in [-0.15, -0.1) is 11.3 Å². The van der Waals surface area contributed by atoms with Gasteiger partial charge in [0, 0.05) is 19.2 Å². The van der Waals surface area contributed by atoms with E-state index in [9.17, 15) is 9.90 Å². The van der Waals surface area contributed by atoms with Gasteiger partial charge >= 0.3 is 0 Å². The standard InChI is InChI=1S/C13H18BrNO3S/c1-8(16)9-3-5-15(6-4-9)13(17)11-7-10(18-2)12(14)19-11/h7-9,16H,3-6H2,1-2H3. The zero-order valence-electron chi connectivity index (χ0n) is 11.1. The monoisotopic (exact) mass is 347 g/mol. The number of hydrogen-bond donors (Lipinski definition) is 1. The number of thiophene rings is 1. The second-order valence-electron chi connectivity index (χ2n) is 4.82. The normalized spacial score (nSPS) is 18.4. The van der Waals surface area contributed by atoms with Crippen molar-refractivity contribution in [3.05, 3.63) is 14.7 Å². The predicted octanol–water partition coefficient (Wildman–Crippen LogP) is 2.75. The first-order valence-electron chi connectivity index (χ1n) is 6.33. The molecule has 1 amide bonds. The summed E-state index contributed by atoms with van der Waals surface area (Å²) in [5.41, 5.74) is 0. The summed E-state index contributed by atoms with van der Waals surface area (Å²) in [5, 5.41) is 9.57. The van der Waals surface area contributed by atoms with Crippen LogP contribution in [0.3, 0.4) is 0 Å². The third-order valence-corrected chi connectivity index (χ3v) is 5.36. The van der Waals surface area contributed by atoms with E-state index in [0.717, 1.165) is 16.6 Å². The minimum Gasteiger partial charge on any atom is -0.495 e. The number of likely N-dealkylation sites (tertiary alicyclic amines) is 1. The third-order valence-electron chi connectivity index (χ3n) is 3.60. The van der Waals surface area contributed by atoms with Crippen LogP contribution in [-0.2, 0) is 0 Å². The van der Waals surface area contributed by atoms with Crippen LogP contribution in [0.25, 0.3) is 0 Å². The number of ether oxygens (including phenoxy) is 1. The zero-order valence-corrected chi connectivity index (χ0v) is 13.5. The first kappa shape index (κ1) is 14.8. The van der Waals surface area contributed by atoms with Gasteiger partial charge < -0.3 is 14.7 Å². The molecule has 1 aliphatic rings. The van der Waals surface area contributed by atoms with E-state index in [2.05, 4.69) is 15.9 Å². The molecule has 19 heavy (non-hydrogen) atoms. The van der Waals surface area contributed by atoms with E-state index < -0.39 is 0 Å². The Morgan fingerprint density at radius 3 is 2.68 bits per heavy atom. The van der Waals surface area contributed by atoms with Crippen LogP contribution < -0.4 is 4.74 Å². The molecule has 1 N–H and O–H groups in total. The Morgan fingerprint density at radius 1 is 1.58 bits per heavy atom. The van der Waals surface area contributed by atoms with Gasteiger partial charge in [0.25, 0.3) is 5.91 Å². The first-order valence-corrected chi connectivity index (χ1v) is 7.94. The van der Waals surface area contributed by atoms with E-state index in [1.54, 1.807) is 13.2 Å². The van der Waals surface area contributed by atoms with Crippen molar-refractivity contribution in [3.63, 3.8) is 0 Å². The molecule has 0 spiro atoms. The smallest absolute Gasteiger partial charge is 0.264 e. The predicted molar refractivity (Wildman–Crippen MR) is 78.9 cm³/mol. The fourth-order valence-corrected chi connectivity index (χ4v) is 3.96. The first-order chi connectivity index (χ1) is 9.02. The maximum absolute atomic E-state index is 12.4. The highest BCUT2D eigenvalue weighted by Crippen LogP contribution is 2.35. The van der Waals surface area contributed by atoms with E-state index in [-0.39, 0.29) is 12.0 Å². The highest BCUT2D eigenvalue weighted by Gasteiger charge is 2.27. The molecule has 1 aromatic heterocycles.